The van der Waals surface area contributed by atoms with Gasteiger partial charge in [0.05, 0.1) is 26.3 Å². The average Bonchev–Trinajstić information content (AvgIpc) is 3.60. The molecule has 0 aliphatic heterocycles. The third-order valence-electron chi connectivity index (χ3n) is 5.81. The number of rotatable bonds is 9. The lowest BCUT2D eigenvalue weighted by Gasteiger charge is -2.32. The maximum absolute atomic E-state index is 13.8. The summed E-state index contributed by atoms with van der Waals surface area (Å²) in [5.41, 5.74) is 0.563. The normalized spacial score (nSPS) is 14.6. The van der Waals surface area contributed by atoms with E-state index in [9.17, 15) is 9.59 Å². The lowest BCUT2D eigenvalue weighted by Crippen LogP contribution is -2.46. The molecule has 1 N–H and O–H groups in total. The van der Waals surface area contributed by atoms with Gasteiger partial charge >= 0.3 is 0 Å². The lowest BCUT2D eigenvalue weighted by molar-refractivity contribution is -0.126. The van der Waals surface area contributed by atoms with Crippen LogP contribution in [-0.2, 0) is 16.0 Å². The van der Waals surface area contributed by atoms with E-state index in [1.54, 1.807) is 37.3 Å². The van der Waals surface area contributed by atoms with Crippen LogP contribution < -0.4 is 19.7 Å². The van der Waals surface area contributed by atoms with E-state index in [2.05, 4.69) is 5.32 Å². The van der Waals surface area contributed by atoms with E-state index in [1.165, 1.54) is 22.7 Å². The maximum Gasteiger partial charge on any atom is 0.248 e. The van der Waals surface area contributed by atoms with Gasteiger partial charge in [0.15, 0.2) is 0 Å². The molecule has 1 aromatic carbocycles. The third-order valence-corrected chi connectivity index (χ3v) is 7.61. The minimum atomic E-state index is -0.783. The van der Waals surface area contributed by atoms with Gasteiger partial charge in [0.1, 0.15) is 17.5 Å². The summed E-state index contributed by atoms with van der Waals surface area (Å²) in [7, 11) is 3.14. The molecule has 1 saturated carbocycles. The Morgan fingerprint density at radius 1 is 1.03 bits per heavy atom. The molecule has 0 saturated heterocycles. The van der Waals surface area contributed by atoms with Crippen LogP contribution in [0.15, 0.2) is 53.2 Å². The Hall–Kier alpha value is -2.84. The Bertz CT molecular complexity index is 1040. The first-order valence-electron chi connectivity index (χ1n) is 11.0. The van der Waals surface area contributed by atoms with Crippen LogP contribution in [0.3, 0.4) is 0 Å². The average molecular weight is 485 g/mol. The smallest absolute Gasteiger partial charge is 0.248 e. The van der Waals surface area contributed by atoms with Gasteiger partial charge in [-0.05, 0) is 35.7 Å². The highest BCUT2D eigenvalue weighted by molar-refractivity contribution is 7.10. The molecule has 2 heterocycles. The van der Waals surface area contributed by atoms with Crippen molar-refractivity contribution in [3.8, 4) is 11.5 Å². The largest absolute Gasteiger partial charge is 0.497 e. The molecular formula is C25H28N2O4S2. The van der Waals surface area contributed by atoms with Crippen molar-refractivity contribution >= 4 is 40.2 Å². The molecule has 1 aliphatic rings. The number of hydrogen-bond acceptors (Lipinski definition) is 6. The summed E-state index contributed by atoms with van der Waals surface area (Å²) >= 11 is 3.00. The van der Waals surface area contributed by atoms with E-state index in [0.29, 0.717) is 17.2 Å². The van der Waals surface area contributed by atoms with Crippen LogP contribution in [0.5, 0.6) is 11.5 Å². The summed E-state index contributed by atoms with van der Waals surface area (Å²) < 4.78 is 10.9. The predicted molar refractivity (Wildman–Crippen MR) is 133 cm³/mol. The van der Waals surface area contributed by atoms with Gasteiger partial charge in [0.2, 0.25) is 11.8 Å². The number of nitrogens with one attached hydrogen (secondary N) is 1. The number of hydrogen-bond donors (Lipinski definition) is 1. The summed E-state index contributed by atoms with van der Waals surface area (Å²) in [6, 6.07) is 12.3. The highest BCUT2D eigenvalue weighted by Crippen LogP contribution is 2.36. The summed E-state index contributed by atoms with van der Waals surface area (Å²) in [6.45, 7) is 0. The number of amides is 2. The molecule has 2 aromatic heterocycles. The molecule has 1 aliphatic carbocycles. The molecule has 1 atom stereocenters. The zero-order chi connectivity index (χ0) is 23.2. The van der Waals surface area contributed by atoms with E-state index < -0.39 is 6.04 Å². The minimum absolute atomic E-state index is 0.147. The van der Waals surface area contributed by atoms with E-state index >= 15 is 0 Å². The van der Waals surface area contributed by atoms with Gasteiger partial charge in [-0.15, -0.1) is 22.7 Å². The SMILES string of the molecule is COc1cc(OC)cc(N(C(=O)Cc2cccs2)[C@H](C(=O)NC2CCCC2)c2cccs2)c1. The molecule has 6 nitrogen and oxygen atoms in total. The summed E-state index contributed by atoms with van der Waals surface area (Å²) in [5, 5.41) is 7.08. The van der Waals surface area contributed by atoms with Gasteiger partial charge in [0, 0.05) is 34.0 Å². The molecule has 33 heavy (non-hydrogen) atoms. The van der Waals surface area contributed by atoms with Crippen LogP contribution >= 0.6 is 22.7 Å². The number of benzene rings is 1. The van der Waals surface area contributed by atoms with Gasteiger partial charge in [-0.2, -0.15) is 0 Å². The first-order chi connectivity index (χ1) is 16.1. The molecule has 0 bridgehead atoms. The van der Waals surface area contributed by atoms with E-state index in [1.807, 2.05) is 35.0 Å². The molecule has 0 unspecified atom stereocenters. The van der Waals surface area contributed by atoms with Crippen molar-refractivity contribution < 1.29 is 19.1 Å². The maximum atomic E-state index is 13.8. The van der Waals surface area contributed by atoms with Crippen LogP contribution in [0.25, 0.3) is 0 Å². The molecular weight excluding hydrogens is 456 g/mol. The second-order valence-electron chi connectivity index (χ2n) is 8.00. The Morgan fingerprint density at radius 3 is 2.27 bits per heavy atom. The number of ether oxygens (including phenoxy) is 2. The first kappa shape index (κ1) is 23.3. The van der Waals surface area contributed by atoms with Gasteiger partial charge in [-0.1, -0.05) is 25.0 Å². The zero-order valence-electron chi connectivity index (χ0n) is 18.8. The van der Waals surface area contributed by atoms with E-state index in [0.717, 1.165) is 35.4 Å². The number of thiophene rings is 2. The summed E-state index contributed by atoms with van der Waals surface area (Å²) in [5.74, 6) is 0.789. The minimum Gasteiger partial charge on any atom is -0.497 e. The molecule has 174 valence electrons. The van der Waals surface area contributed by atoms with Crippen LogP contribution in [0.2, 0.25) is 0 Å². The number of methoxy groups -OCH3 is 2. The number of carbonyl (C=O) groups excluding carboxylic acids is 2. The summed E-state index contributed by atoms with van der Waals surface area (Å²) in [6.07, 6.45) is 4.37. The second-order valence-corrected chi connectivity index (χ2v) is 10.0. The van der Waals surface area contributed by atoms with Crippen molar-refractivity contribution in [2.45, 2.75) is 44.2 Å². The first-order valence-corrected chi connectivity index (χ1v) is 12.8. The van der Waals surface area contributed by atoms with Gasteiger partial charge < -0.3 is 14.8 Å². The van der Waals surface area contributed by atoms with Crippen molar-refractivity contribution in [1.82, 2.24) is 5.32 Å². The number of nitrogens with zero attached hydrogens (tertiary/aromatic N) is 1. The molecule has 0 radical (unpaired) electrons. The highest BCUT2D eigenvalue weighted by Gasteiger charge is 2.35. The lowest BCUT2D eigenvalue weighted by atomic mass is 10.1. The monoisotopic (exact) mass is 484 g/mol. The predicted octanol–water partition coefficient (Wildman–Crippen LogP) is 5.20. The Morgan fingerprint density at radius 2 is 1.70 bits per heavy atom. The number of anilines is 1. The van der Waals surface area contributed by atoms with Gasteiger partial charge in [-0.25, -0.2) is 0 Å². The summed E-state index contributed by atoms with van der Waals surface area (Å²) in [4.78, 5) is 30.8. The fourth-order valence-electron chi connectivity index (χ4n) is 4.19. The zero-order valence-corrected chi connectivity index (χ0v) is 20.4. The number of carbonyl (C=O) groups is 2. The fraction of sp³-hybridized carbons (Fsp3) is 0.360. The Kier molecular flexibility index (Phi) is 7.67. The van der Waals surface area contributed by atoms with Crippen LogP contribution in [0.1, 0.15) is 41.5 Å². The van der Waals surface area contributed by atoms with Gasteiger partial charge in [0.25, 0.3) is 0 Å². The topological polar surface area (TPSA) is 67.9 Å². The van der Waals surface area contributed by atoms with Crippen LogP contribution in [0, 0.1) is 0 Å². The van der Waals surface area contributed by atoms with Crippen molar-refractivity contribution in [2.75, 3.05) is 19.1 Å². The van der Waals surface area contributed by atoms with Crippen LogP contribution in [0.4, 0.5) is 5.69 Å². The molecule has 4 rings (SSSR count). The van der Waals surface area contributed by atoms with Crippen molar-refractivity contribution in [2.24, 2.45) is 0 Å². The van der Waals surface area contributed by atoms with Crippen LogP contribution in [-0.4, -0.2) is 32.1 Å². The van der Waals surface area contributed by atoms with Gasteiger partial charge in [-0.3, -0.25) is 14.5 Å². The molecule has 3 aromatic rings. The van der Waals surface area contributed by atoms with Crippen molar-refractivity contribution in [3.05, 3.63) is 63.0 Å². The standard InChI is InChI=1S/C25H28N2O4S2/c1-30-19-13-18(14-20(15-19)31-2)27(23(28)16-21-9-5-11-32-21)24(22-10-6-12-33-22)25(29)26-17-7-3-4-8-17/h5-6,9-15,17,24H,3-4,7-8,16H2,1-2H3,(H,26,29)/t24-/m0/s1. The fourth-order valence-corrected chi connectivity index (χ4v) is 5.70. The second kappa shape index (κ2) is 10.9. The molecule has 0 spiro atoms. The molecule has 8 heteroatoms. The molecule has 1 fully saturated rings. The van der Waals surface area contributed by atoms with E-state index in [-0.39, 0.29) is 24.3 Å². The highest BCUT2D eigenvalue weighted by atomic mass is 32.1. The van der Waals surface area contributed by atoms with Crippen molar-refractivity contribution in [1.29, 1.82) is 0 Å². The Labute approximate surface area is 202 Å². The third kappa shape index (κ3) is 5.57. The van der Waals surface area contributed by atoms with Crippen molar-refractivity contribution in [3.63, 3.8) is 0 Å². The quantitative estimate of drug-likeness (QED) is 0.453. The Balaban J connectivity index is 1.77. The van der Waals surface area contributed by atoms with E-state index in [4.69, 9.17) is 9.47 Å². The molecule has 2 amide bonds.